The number of aliphatic carboxylic acids is 1. The first-order valence-electron chi connectivity index (χ1n) is 4.86. The van der Waals surface area contributed by atoms with E-state index in [9.17, 15) is 9.59 Å². The Bertz CT molecular complexity index is 204. The number of ketones is 1. The largest absolute Gasteiger partial charge is 0.481 e. The predicted octanol–water partition coefficient (Wildman–Crippen LogP) is 1.86. The van der Waals surface area contributed by atoms with Crippen molar-refractivity contribution in [3.05, 3.63) is 0 Å². The fourth-order valence-electron chi connectivity index (χ4n) is 1.80. The van der Waals surface area contributed by atoms with E-state index in [2.05, 4.69) is 0 Å². The van der Waals surface area contributed by atoms with Crippen molar-refractivity contribution in [1.29, 1.82) is 0 Å². The molecule has 1 aliphatic carbocycles. The van der Waals surface area contributed by atoms with Gasteiger partial charge in [-0.15, -0.1) is 0 Å². The first-order valence-corrected chi connectivity index (χ1v) is 4.86. The van der Waals surface area contributed by atoms with E-state index in [1.54, 1.807) is 6.92 Å². The van der Waals surface area contributed by atoms with E-state index in [-0.39, 0.29) is 18.1 Å². The van der Waals surface area contributed by atoms with Crippen molar-refractivity contribution in [2.75, 3.05) is 0 Å². The van der Waals surface area contributed by atoms with Gasteiger partial charge in [0.25, 0.3) is 0 Å². The van der Waals surface area contributed by atoms with E-state index in [1.165, 1.54) is 0 Å². The highest BCUT2D eigenvalue weighted by Crippen LogP contribution is 2.27. The summed E-state index contributed by atoms with van der Waals surface area (Å²) in [6.07, 6.45) is 4.38. The van der Waals surface area contributed by atoms with Crippen LogP contribution in [0.25, 0.3) is 0 Å². The van der Waals surface area contributed by atoms with E-state index in [0.29, 0.717) is 0 Å². The molecule has 0 amide bonds. The molecule has 0 aromatic rings. The maximum Gasteiger partial charge on any atom is 0.306 e. The van der Waals surface area contributed by atoms with Crippen molar-refractivity contribution >= 4 is 11.8 Å². The Morgan fingerprint density at radius 3 is 2.38 bits per heavy atom. The third kappa shape index (κ3) is 2.83. The summed E-state index contributed by atoms with van der Waals surface area (Å²) < 4.78 is 0. The molecule has 1 unspecified atom stereocenters. The van der Waals surface area contributed by atoms with Crippen LogP contribution < -0.4 is 0 Å². The average molecular weight is 184 g/mol. The van der Waals surface area contributed by atoms with Gasteiger partial charge >= 0.3 is 5.97 Å². The standard InChI is InChI=1S/C10H16O3/c1-7(10(12)13)6-9(11)8-4-2-3-5-8/h7-8H,2-6H2,1H3,(H,12,13). The summed E-state index contributed by atoms with van der Waals surface area (Å²) >= 11 is 0. The van der Waals surface area contributed by atoms with Crippen LogP contribution in [0.3, 0.4) is 0 Å². The van der Waals surface area contributed by atoms with Crippen molar-refractivity contribution < 1.29 is 14.7 Å². The Kier molecular flexibility index (Phi) is 3.46. The topological polar surface area (TPSA) is 54.4 Å². The Morgan fingerprint density at radius 2 is 1.92 bits per heavy atom. The smallest absolute Gasteiger partial charge is 0.306 e. The molecular formula is C10H16O3. The number of carbonyl (C=O) groups is 2. The lowest BCUT2D eigenvalue weighted by molar-refractivity contribution is -0.143. The second kappa shape index (κ2) is 4.40. The molecule has 1 rings (SSSR count). The van der Waals surface area contributed by atoms with E-state index >= 15 is 0 Å². The number of carbonyl (C=O) groups excluding carboxylic acids is 1. The summed E-state index contributed by atoms with van der Waals surface area (Å²) in [5.41, 5.74) is 0. The van der Waals surface area contributed by atoms with Gasteiger partial charge in [0.05, 0.1) is 5.92 Å². The summed E-state index contributed by atoms with van der Waals surface area (Å²) in [4.78, 5) is 22.0. The van der Waals surface area contributed by atoms with Crippen molar-refractivity contribution in [3.8, 4) is 0 Å². The van der Waals surface area contributed by atoms with Crippen LogP contribution in [-0.2, 0) is 9.59 Å². The average Bonchev–Trinajstić information content (AvgIpc) is 2.55. The molecule has 0 aromatic heterocycles. The van der Waals surface area contributed by atoms with Gasteiger partial charge in [0.15, 0.2) is 0 Å². The molecule has 1 N–H and O–H groups in total. The van der Waals surface area contributed by atoms with Gasteiger partial charge in [0.2, 0.25) is 0 Å². The van der Waals surface area contributed by atoms with E-state index in [4.69, 9.17) is 5.11 Å². The predicted molar refractivity (Wildman–Crippen MR) is 48.4 cm³/mol. The van der Waals surface area contributed by atoms with Gasteiger partial charge in [-0.25, -0.2) is 0 Å². The molecule has 0 spiro atoms. The minimum absolute atomic E-state index is 0.146. The first kappa shape index (κ1) is 10.2. The molecular weight excluding hydrogens is 168 g/mol. The number of carboxylic acid groups (broad SMARTS) is 1. The second-order valence-electron chi connectivity index (χ2n) is 3.89. The highest BCUT2D eigenvalue weighted by Gasteiger charge is 2.25. The van der Waals surface area contributed by atoms with Gasteiger partial charge in [-0.1, -0.05) is 19.8 Å². The summed E-state index contributed by atoms with van der Waals surface area (Å²) in [7, 11) is 0. The zero-order valence-corrected chi connectivity index (χ0v) is 7.95. The highest BCUT2D eigenvalue weighted by atomic mass is 16.4. The Balaban J connectivity index is 2.35. The maximum absolute atomic E-state index is 11.5. The third-order valence-electron chi connectivity index (χ3n) is 2.74. The summed E-state index contributed by atoms with van der Waals surface area (Å²) in [5.74, 6) is -1.09. The van der Waals surface area contributed by atoms with Crippen molar-refractivity contribution in [3.63, 3.8) is 0 Å². The minimum Gasteiger partial charge on any atom is -0.481 e. The molecule has 74 valence electrons. The molecule has 3 heteroatoms. The van der Waals surface area contributed by atoms with Gasteiger partial charge in [-0.2, -0.15) is 0 Å². The fourth-order valence-corrected chi connectivity index (χ4v) is 1.80. The molecule has 13 heavy (non-hydrogen) atoms. The van der Waals surface area contributed by atoms with Crippen LogP contribution >= 0.6 is 0 Å². The van der Waals surface area contributed by atoms with Crippen molar-refractivity contribution in [2.24, 2.45) is 11.8 Å². The lowest BCUT2D eigenvalue weighted by atomic mass is 9.94. The normalized spacial score (nSPS) is 20.1. The van der Waals surface area contributed by atoms with Gasteiger partial charge in [0, 0.05) is 12.3 Å². The van der Waals surface area contributed by atoms with Crippen molar-refractivity contribution in [1.82, 2.24) is 0 Å². The van der Waals surface area contributed by atoms with Gasteiger partial charge < -0.3 is 5.11 Å². The molecule has 0 radical (unpaired) electrons. The molecule has 0 bridgehead atoms. The molecule has 1 saturated carbocycles. The Hall–Kier alpha value is -0.860. The van der Waals surface area contributed by atoms with Crippen LogP contribution in [0, 0.1) is 11.8 Å². The molecule has 1 atom stereocenters. The van der Waals surface area contributed by atoms with E-state index in [0.717, 1.165) is 25.7 Å². The molecule has 0 aromatic carbocycles. The monoisotopic (exact) mass is 184 g/mol. The zero-order chi connectivity index (χ0) is 9.84. The Morgan fingerprint density at radius 1 is 1.38 bits per heavy atom. The van der Waals surface area contributed by atoms with Gasteiger partial charge in [0.1, 0.15) is 5.78 Å². The van der Waals surface area contributed by atoms with Crippen LogP contribution in [0.15, 0.2) is 0 Å². The maximum atomic E-state index is 11.5. The Labute approximate surface area is 78.1 Å². The summed E-state index contributed by atoms with van der Waals surface area (Å²) in [5, 5.41) is 8.62. The quantitative estimate of drug-likeness (QED) is 0.725. The second-order valence-corrected chi connectivity index (χ2v) is 3.89. The third-order valence-corrected chi connectivity index (χ3v) is 2.74. The van der Waals surface area contributed by atoms with E-state index < -0.39 is 11.9 Å². The van der Waals surface area contributed by atoms with E-state index in [1.807, 2.05) is 0 Å². The van der Waals surface area contributed by atoms with Gasteiger partial charge in [-0.05, 0) is 12.8 Å². The lowest BCUT2D eigenvalue weighted by Gasteiger charge is -2.09. The van der Waals surface area contributed by atoms with Gasteiger partial charge in [-0.3, -0.25) is 9.59 Å². The number of Topliss-reactive ketones (excluding diaryl/α,β-unsaturated/α-hetero) is 1. The van der Waals surface area contributed by atoms with Crippen LogP contribution in [0.4, 0.5) is 0 Å². The SMILES string of the molecule is CC(CC(=O)C1CCCC1)C(=O)O. The molecule has 0 saturated heterocycles. The molecule has 0 aliphatic heterocycles. The lowest BCUT2D eigenvalue weighted by Crippen LogP contribution is -2.19. The molecule has 0 heterocycles. The summed E-state index contributed by atoms with van der Waals surface area (Å²) in [6.45, 7) is 1.59. The highest BCUT2D eigenvalue weighted by molar-refractivity contribution is 5.85. The molecule has 1 fully saturated rings. The van der Waals surface area contributed by atoms with Crippen molar-refractivity contribution in [2.45, 2.75) is 39.0 Å². The number of hydrogen-bond donors (Lipinski definition) is 1. The van der Waals surface area contributed by atoms with Crippen LogP contribution in [0.2, 0.25) is 0 Å². The summed E-state index contributed by atoms with van der Waals surface area (Å²) in [6, 6.07) is 0. The first-order chi connectivity index (χ1) is 6.11. The molecule has 1 aliphatic rings. The number of carboxylic acids is 1. The zero-order valence-electron chi connectivity index (χ0n) is 7.95. The number of rotatable bonds is 4. The minimum atomic E-state index is -0.869. The number of hydrogen-bond acceptors (Lipinski definition) is 2. The van der Waals surface area contributed by atoms with Crippen LogP contribution in [-0.4, -0.2) is 16.9 Å². The fraction of sp³-hybridized carbons (Fsp3) is 0.800. The van der Waals surface area contributed by atoms with Crippen LogP contribution in [0.5, 0.6) is 0 Å². The molecule has 3 nitrogen and oxygen atoms in total. The van der Waals surface area contributed by atoms with Crippen LogP contribution in [0.1, 0.15) is 39.0 Å².